The maximum Gasteiger partial charge on any atom is 0.126 e. The summed E-state index contributed by atoms with van der Waals surface area (Å²) in [7, 11) is 3.46. The molecule has 0 aliphatic heterocycles. The van der Waals surface area contributed by atoms with Gasteiger partial charge < -0.3 is 9.47 Å². The molecule has 1 heterocycles. The SMILES string of the molecule is COc1cc2c(OC)cc1C=Cc1ccc(cc1)Cc1c(C)c(C)c(c(C)c1C)-c1ccc(c3nsnc13)-c1ccc(cc1)Cc1c(C)c(C)c(c(C)c1C)C=C2. The minimum absolute atomic E-state index is 0.799. The van der Waals surface area contributed by atoms with Crippen LogP contribution < -0.4 is 9.47 Å². The molecule has 0 spiro atoms. The molecule has 0 radical (unpaired) electrons. The number of methoxy groups -OCH3 is 2. The summed E-state index contributed by atoms with van der Waals surface area (Å²) < 4.78 is 21.6. The maximum absolute atomic E-state index is 5.94. The molecule has 0 N–H and O–H groups in total. The van der Waals surface area contributed by atoms with E-state index >= 15 is 0 Å². The third kappa shape index (κ3) is 6.78. The summed E-state index contributed by atoms with van der Waals surface area (Å²) in [6.07, 6.45) is 10.4. The molecule has 0 amide bonds. The van der Waals surface area contributed by atoms with Crippen LogP contribution in [0.3, 0.4) is 0 Å². The molecule has 21 rings (SSSR count). The molecule has 0 unspecified atom stereocenters. The van der Waals surface area contributed by atoms with Crippen molar-refractivity contribution in [1.82, 2.24) is 8.75 Å². The lowest BCUT2D eigenvalue weighted by Crippen LogP contribution is -2.04. The van der Waals surface area contributed by atoms with Gasteiger partial charge in [0.15, 0.2) is 0 Å². The highest BCUT2D eigenvalue weighted by atomic mass is 32.1. The zero-order valence-electron chi connectivity index (χ0n) is 34.8. The summed E-state index contributed by atoms with van der Waals surface area (Å²) in [6, 6.07) is 26.6. The first-order chi connectivity index (χ1) is 27.5. The molecular formula is C52H50N2O2S. The van der Waals surface area contributed by atoms with E-state index in [9.17, 15) is 0 Å². The van der Waals surface area contributed by atoms with Crippen LogP contribution in [0.1, 0.15) is 89.0 Å². The topological polar surface area (TPSA) is 44.2 Å². The van der Waals surface area contributed by atoms with Crippen molar-refractivity contribution in [1.29, 1.82) is 0 Å². The van der Waals surface area contributed by atoms with E-state index in [0.717, 1.165) is 68.8 Å². The fourth-order valence-corrected chi connectivity index (χ4v) is 9.39. The van der Waals surface area contributed by atoms with Crippen LogP contribution in [0.15, 0.2) is 72.8 Å². The Morgan fingerprint density at radius 2 is 0.930 bits per heavy atom. The fraction of sp³-hybridized carbons (Fsp3) is 0.231. The van der Waals surface area contributed by atoms with E-state index in [0.29, 0.717) is 0 Å². The van der Waals surface area contributed by atoms with Gasteiger partial charge >= 0.3 is 0 Å². The first kappa shape index (κ1) is 38.1. The van der Waals surface area contributed by atoms with E-state index in [2.05, 4.69) is 152 Å². The van der Waals surface area contributed by atoms with Gasteiger partial charge in [0.05, 0.1) is 25.9 Å². The van der Waals surface area contributed by atoms with Crippen molar-refractivity contribution in [3.63, 3.8) is 0 Å². The predicted molar refractivity (Wildman–Crippen MR) is 242 cm³/mol. The number of rotatable bonds is 2. The van der Waals surface area contributed by atoms with Crippen LogP contribution >= 0.6 is 11.7 Å². The molecule has 0 atom stereocenters. The largest absolute Gasteiger partial charge is 0.496 e. The number of aromatic nitrogens is 2. The van der Waals surface area contributed by atoms with Crippen LogP contribution in [-0.2, 0) is 12.8 Å². The normalized spacial score (nSPS) is 12.5. The first-order valence-electron chi connectivity index (χ1n) is 19.7. The average molecular weight is 767 g/mol. The van der Waals surface area contributed by atoms with E-state index in [1.54, 1.807) is 14.2 Å². The Labute approximate surface area is 341 Å². The van der Waals surface area contributed by atoms with Crippen molar-refractivity contribution in [3.8, 4) is 33.8 Å². The second-order valence-corrected chi connectivity index (χ2v) is 16.2. The van der Waals surface area contributed by atoms with Crippen LogP contribution in [0.25, 0.3) is 57.6 Å². The molecule has 14 aliphatic rings. The van der Waals surface area contributed by atoms with Gasteiger partial charge in [-0.1, -0.05) is 85.0 Å². The van der Waals surface area contributed by atoms with Gasteiger partial charge in [-0.15, -0.1) is 0 Å². The molecule has 12 bridgehead atoms. The Bertz CT molecular complexity index is 2710. The van der Waals surface area contributed by atoms with Crippen LogP contribution in [0.2, 0.25) is 0 Å². The van der Waals surface area contributed by atoms with E-state index in [4.69, 9.17) is 18.2 Å². The third-order valence-electron chi connectivity index (χ3n) is 12.8. The number of ether oxygens (including phenoxy) is 2. The van der Waals surface area contributed by atoms with Gasteiger partial charge in [-0.25, -0.2) is 0 Å². The Morgan fingerprint density at radius 3 is 1.46 bits per heavy atom. The zero-order chi connectivity index (χ0) is 40.1. The van der Waals surface area contributed by atoms with Crippen LogP contribution in [0.5, 0.6) is 11.5 Å². The van der Waals surface area contributed by atoms with E-state index < -0.39 is 0 Å². The van der Waals surface area contributed by atoms with Crippen molar-refractivity contribution in [2.24, 2.45) is 0 Å². The summed E-state index contributed by atoms with van der Waals surface area (Å²) in [5.41, 5.74) is 26.8. The standard InChI is InChI=1S/C52H50N2O2S/c1-29-31(3)46-26-39-16-18-40(19-17-39)44-23-24-45(52-51(44)53-57-54-52)50-35(7)33(5)47(34(6)36(50)8)25-38-13-11-37(12-14-38)15-20-41-27-49(56-10)42(28-48(41)55-9)21-22-43(29)30(2)32(46)4/h11-24,27-28H,25-26H2,1-10H3. The molecule has 57 heavy (non-hydrogen) atoms. The minimum Gasteiger partial charge on any atom is -0.496 e. The van der Waals surface area contributed by atoms with Crippen LogP contribution in [-0.4, -0.2) is 23.0 Å². The maximum atomic E-state index is 5.94. The Kier molecular flexibility index (Phi) is 10.2. The summed E-state index contributed by atoms with van der Waals surface area (Å²) in [4.78, 5) is 0. The summed E-state index contributed by atoms with van der Waals surface area (Å²) in [5, 5.41) is 0. The highest BCUT2D eigenvalue weighted by Crippen LogP contribution is 2.41. The van der Waals surface area contributed by atoms with Gasteiger partial charge in [-0.05, 0) is 169 Å². The Hall–Kier alpha value is -5.78. The van der Waals surface area contributed by atoms with Crippen molar-refractivity contribution in [3.05, 3.63) is 162 Å². The van der Waals surface area contributed by atoms with Gasteiger partial charge in [0, 0.05) is 22.3 Å². The van der Waals surface area contributed by atoms with Gasteiger partial charge in [-0.3, -0.25) is 0 Å². The van der Waals surface area contributed by atoms with Gasteiger partial charge in [0.1, 0.15) is 22.5 Å². The zero-order valence-corrected chi connectivity index (χ0v) is 35.6. The summed E-state index contributed by atoms with van der Waals surface area (Å²) in [5.74, 6) is 1.60. The number of nitrogens with zero attached hydrogens (tertiary/aromatic N) is 2. The van der Waals surface area contributed by atoms with Crippen molar-refractivity contribution in [2.45, 2.75) is 68.2 Å². The Balaban J connectivity index is 1.29. The van der Waals surface area contributed by atoms with Gasteiger partial charge in [0.25, 0.3) is 0 Å². The second kappa shape index (κ2) is 15.3. The van der Waals surface area contributed by atoms with Gasteiger partial charge in [0.2, 0.25) is 0 Å². The third-order valence-corrected chi connectivity index (χ3v) is 13.3. The Morgan fingerprint density at radius 1 is 0.474 bits per heavy atom. The molecular weight excluding hydrogens is 717 g/mol. The van der Waals surface area contributed by atoms with Crippen molar-refractivity contribution in [2.75, 3.05) is 14.2 Å². The van der Waals surface area contributed by atoms with E-state index in [1.165, 1.54) is 89.6 Å². The lowest BCUT2D eigenvalue weighted by Gasteiger charge is -2.22. The molecule has 5 heteroatoms. The lowest BCUT2D eigenvalue weighted by molar-refractivity contribution is 0.401. The lowest BCUT2D eigenvalue weighted by atomic mass is 9.83. The number of hydrogen-bond donors (Lipinski definition) is 0. The van der Waals surface area contributed by atoms with E-state index in [-0.39, 0.29) is 0 Å². The molecule has 0 saturated heterocycles. The van der Waals surface area contributed by atoms with Crippen LogP contribution in [0.4, 0.5) is 0 Å². The summed E-state index contributed by atoms with van der Waals surface area (Å²) >= 11 is 1.30. The van der Waals surface area contributed by atoms with Crippen molar-refractivity contribution >= 4 is 47.1 Å². The first-order valence-corrected chi connectivity index (χ1v) is 20.5. The average Bonchev–Trinajstić information content (AvgIpc) is 3.73. The molecule has 4 nitrogen and oxygen atoms in total. The molecule has 14 aliphatic carbocycles. The van der Waals surface area contributed by atoms with Crippen LogP contribution in [0, 0.1) is 55.4 Å². The molecule has 6 aromatic carbocycles. The number of hydrogen-bond acceptors (Lipinski definition) is 5. The summed E-state index contributed by atoms with van der Waals surface area (Å²) in [6.45, 7) is 18.1. The fourth-order valence-electron chi connectivity index (χ4n) is 8.82. The monoisotopic (exact) mass is 766 g/mol. The quantitative estimate of drug-likeness (QED) is 0.176. The van der Waals surface area contributed by atoms with E-state index in [1.807, 2.05) is 0 Å². The van der Waals surface area contributed by atoms with Crippen molar-refractivity contribution < 1.29 is 9.47 Å². The molecule has 1 aromatic heterocycles. The highest BCUT2D eigenvalue weighted by Gasteiger charge is 2.21. The molecule has 0 saturated carbocycles. The predicted octanol–water partition coefficient (Wildman–Crippen LogP) is 13.3. The number of benzene rings is 6. The minimum atomic E-state index is 0.799. The second-order valence-electron chi connectivity index (χ2n) is 15.7. The van der Waals surface area contributed by atoms with Gasteiger partial charge in [-0.2, -0.15) is 8.75 Å². The molecule has 7 aromatic rings. The molecule has 0 fully saturated rings. The molecule has 286 valence electrons. The highest BCUT2D eigenvalue weighted by molar-refractivity contribution is 7.00. The smallest absolute Gasteiger partial charge is 0.126 e.